The van der Waals surface area contributed by atoms with Gasteiger partial charge in [0.2, 0.25) is 23.6 Å². The Hall–Kier alpha value is -8.79. The normalized spacial score (nSPS) is 26.0. The number of nitriles is 1. The molecule has 2 aliphatic heterocycles. The van der Waals surface area contributed by atoms with E-state index in [1.807, 2.05) is 26.8 Å². The summed E-state index contributed by atoms with van der Waals surface area (Å²) in [6.45, 7) is 18.2. The van der Waals surface area contributed by atoms with Gasteiger partial charge in [-0.05, 0) is 196 Å². The third-order valence-corrected chi connectivity index (χ3v) is 26.0. The average molecular weight is 1680 g/mol. The molecule has 26 nitrogen and oxygen atoms in total. The summed E-state index contributed by atoms with van der Waals surface area (Å²) in [6, 6.07) is 20.8. The van der Waals surface area contributed by atoms with Crippen molar-refractivity contribution in [1.82, 2.24) is 31.5 Å². The van der Waals surface area contributed by atoms with Gasteiger partial charge in [-0.2, -0.15) is 5.26 Å². The molecule has 14 atom stereocenters. The number of hydrogen-bond donors (Lipinski definition) is 8. The van der Waals surface area contributed by atoms with Gasteiger partial charge in [0, 0.05) is 77.4 Å². The summed E-state index contributed by atoms with van der Waals surface area (Å²) in [5, 5.41) is 43.9. The lowest BCUT2D eigenvalue weighted by molar-refractivity contribution is -0.205. The summed E-state index contributed by atoms with van der Waals surface area (Å²) in [7, 11) is 1.36. The number of amides is 7. The van der Waals surface area contributed by atoms with E-state index in [9.17, 15) is 48.7 Å². The van der Waals surface area contributed by atoms with Crippen molar-refractivity contribution >= 4 is 76.3 Å². The second kappa shape index (κ2) is 39.6. The second-order valence-electron chi connectivity index (χ2n) is 34.4. The fraction of sp³-hybridized carbons (Fsp3) is 0.580. The average Bonchev–Trinajstić information content (AvgIpc) is 1.47. The molecule has 6 fully saturated rings. The van der Waals surface area contributed by atoms with E-state index >= 15 is 8.78 Å². The Bertz CT molecular complexity index is 4460. The molecule has 4 aliphatic carbocycles. The van der Waals surface area contributed by atoms with Crippen LogP contribution in [0.1, 0.15) is 183 Å². The van der Waals surface area contributed by atoms with Gasteiger partial charge in [-0.15, -0.1) is 0 Å². The Morgan fingerprint density at radius 2 is 1.47 bits per heavy atom. The first-order chi connectivity index (χ1) is 56.3. The van der Waals surface area contributed by atoms with Crippen molar-refractivity contribution in [3.63, 3.8) is 0 Å². The van der Waals surface area contributed by atoms with Crippen molar-refractivity contribution < 1.29 is 85.0 Å². The van der Waals surface area contributed by atoms with E-state index in [-0.39, 0.29) is 163 Å². The van der Waals surface area contributed by atoms with Gasteiger partial charge < -0.3 is 84.8 Å². The van der Waals surface area contributed by atoms with Crippen LogP contribution >= 0.6 is 23.2 Å². The Labute approximate surface area is 698 Å². The first-order valence-corrected chi connectivity index (χ1v) is 41.9. The van der Waals surface area contributed by atoms with Crippen molar-refractivity contribution in [3.05, 3.63) is 157 Å². The number of nitrogens with zero attached hydrogens (tertiary/aromatic N) is 2. The zero-order valence-electron chi connectivity index (χ0n) is 68.7. The number of rotatable bonds is 33. The number of ether oxygens (including phenoxy) is 7. The molecule has 4 saturated carbocycles. The molecule has 30 heteroatoms. The highest BCUT2D eigenvalue weighted by Gasteiger charge is 2.68. The fourth-order valence-corrected chi connectivity index (χ4v) is 19.6. The lowest BCUT2D eigenvalue weighted by Gasteiger charge is -2.63. The maximum absolute atomic E-state index is 16.2. The summed E-state index contributed by atoms with van der Waals surface area (Å²) >= 11 is 12.5. The van der Waals surface area contributed by atoms with Crippen LogP contribution in [0.4, 0.5) is 29.7 Å². The highest BCUT2D eigenvalue weighted by Crippen LogP contribution is 2.71. The number of benzene rings is 4. The third-order valence-electron chi connectivity index (χ3n) is 25.5. The molecule has 4 aromatic carbocycles. The van der Waals surface area contributed by atoms with Gasteiger partial charge in [-0.25, -0.2) is 23.2 Å². The quantitative estimate of drug-likeness (QED) is 0.0181. The predicted octanol–water partition coefficient (Wildman–Crippen LogP) is 12.8. The first-order valence-electron chi connectivity index (χ1n) is 41.1. The zero-order valence-corrected chi connectivity index (χ0v) is 70.2. The van der Waals surface area contributed by atoms with Gasteiger partial charge in [0.05, 0.1) is 94.7 Å². The van der Waals surface area contributed by atoms with E-state index in [0.29, 0.717) is 49.0 Å². The van der Waals surface area contributed by atoms with Gasteiger partial charge in [-0.1, -0.05) is 102 Å². The molecule has 0 radical (unpaired) electrons. The summed E-state index contributed by atoms with van der Waals surface area (Å²) in [5.74, 6) is -4.63. The standard InChI is InChI=1S/C88H113Cl2F2N9O17/c1-52(2)76(80(106)95-53(3)78(104)96-59-19-13-54(14-20-59)49-117-83(109)101-35-28-60(29-36-101)97-82(108)118-61-25-31-85(7)57(46-61)17-21-65-64(85)26-32-86(8)63(27-33-88(65,86)110)56-16-24-73(103)116-50-56)100-72(102)30-37-112-39-41-114-43-44-115-42-40-113-38-34-94-79(105)55-15-23-69(70(45-55)111-9)98-81(107)77-74(62-11-10-12-67(90)75(62)92)87(51-93,71(99-77)48-84(4,5)6)66-22-18-58(89)47-68(66)91/h10-16,18-20,22-24,45,47,50,52-53,57,60-61,63-65,71,74,76-77,99,110H,17,21,25-44,46,48-49H2,1-9H3,(H,94,105)(H,95,106)(H,96,104)(H,97,108)(H,98,107)(H,100,102)/t53-,57+,61-,63+,64?,65?,71-,74-,76-,77+,85-,86+,87-,88-/m0/s1. The van der Waals surface area contributed by atoms with Crippen molar-refractivity contribution in [2.75, 3.05) is 90.2 Å². The fourth-order valence-electron chi connectivity index (χ4n) is 19.2. The number of methoxy groups -OCH3 is 1. The van der Waals surface area contributed by atoms with Crippen molar-refractivity contribution in [1.29, 1.82) is 5.26 Å². The number of aliphatic hydroxyl groups is 1. The van der Waals surface area contributed by atoms with Gasteiger partial charge in [0.25, 0.3) is 5.91 Å². The first kappa shape index (κ1) is 90.0. The molecule has 1 aromatic heterocycles. The molecule has 8 N–H and O–H groups in total. The number of likely N-dealkylation sites (tertiary alicyclic amines) is 1. The largest absolute Gasteiger partial charge is 0.495 e. The lowest BCUT2D eigenvalue weighted by Crippen LogP contribution is -2.62. The molecule has 118 heavy (non-hydrogen) atoms. The summed E-state index contributed by atoms with van der Waals surface area (Å²) in [4.78, 5) is 107. The zero-order chi connectivity index (χ0) is 84.9. The molecule has 11 rings (SSSR count). The summed E-state index contributed by atoms with van der Waals surface area (Å²) in [5.41, 5.74) is -1.34. The van der Waals surface area contributed by atoms with E-state index in [2.05, 4.69) is 57.1 Å². The highest BCUT2D eigenvalue weighted by atomic mass is 35.5. The number of anilines is 2. The third kappa shape index (κ3) is 21.0. The molecule has 2 unspecified atom stereocenters. The number of nitrogens with one attached hydrogen (secondary N) is 7. The maximum Gasteiger partial charge on any atom is 0.410 e. The van der Waals surface area contributed by atoms with Crippen molar-refractivity contribution in [3.8, 4) is 11.8 Å². The van der Waals surface area contributed by atoms with Gasteiger partial charge >= 0.3 is 17.8 Å². The molecule has 0 bridgehead atoms. The number of piperidine rings is 1. The van der Waals surface area contributed by atoms with Crippen LogP contribution in [0.15, 0.2) is 106 Å². The molecule has 640 valence electrons. The Balaban J connectivity index is 0.507. The Morgan fingerprint density at radius 3 is 2.14 bits per heavy atom. The summed E-state index contributed by atoms with van der Waals surface area (Å²) < 4.78 is 77.4. The van der Waals surface area contributed by atoms with Crippen LogP contribution in [0.25, 0.3) is 0 Å². The topological polar surface area (TPSA) is 346 Å². The van der Waals surface area contributed by atoms with Crippen LogP contribution in [0.3, 0.4) is 0 Å². The minimum Gasteiger partial charge on any atom is -0.495 e. The molecular weight excluding hydrogens is 1560 g/mol. The molecular formula is C88H113Cl2F2N9O17. The number of alkyl carbamates (subject to hydrolysis) is 1. The van der Waals surface area contributed by atoms with Crippen LogP contribution in [0, 0.1) is 62.9 Å². The van der Waals surface area contributed by atoms with Gasteiger partial charge in [-0.3, -0.25) is 24.0 Å². The van der Waals surface area contributed by atoms with E-state index < -0.39 is 99.9 Å². The van der Waals surface area contributed by atoms with Crippen molar-refractivity contribution in [2.24, 2.45) is 39.9 Å². The van der Waals surface area contributed by atoms with Crippen LogP contribution in [0.5, 0.6) is 5.75 Å². The van der Waals surface area contributed by atoms with Crippen LogP contribution in [0.2, 0.25) is 10.0 Å². The smallest absolute Gasteiger partial charge is 0.410 e. The van der Waals surface area contributed by atoms with E-state index in [0.717, 1.165) is 69.4 Å². The molecule has 0 spiro atoms. The molecule has 7 amide bonds. The van der Waals surface area contributed by atoms with Crippen LogP contribution in [-0.4, -0.2) is 173 Å². The second-order valence-corrected chi connectivity index (χ2v) is 35.2. The molecule has 6 aliphatic rings. The number of hydrogen-bond acceptors (Lipinski definition) is 19. The maximum atomic E-state index is 16.2. The molecule has 3 heterocycles. The Kier molecular flexibility index (Phi) is 30.2. The summed E-state index contributed by atoms with van der Waals surface area (Å²) in [6.07, 6.45) is 9.78. The van der Waals surface area contributed by atoms with Crippen molar-refractivity contribution in [2.45, 2.75) is 205 Å². The van der Waals surface area contributed by atoms with Gasteiger partial charge in [0.1, 0.15) is 47.6 Å². The predicted molar refractivity (Wildman–Crippen MR) is 438 cm³/mol. The highest BCUT2D eigenvalue weighted by molar-refractivity contribution is 6.31. The van der Waals surface area contributed by atoms with E-state index in [1.165, 1.54) is 68.6 Å². The molecule has 2 saturated heterocycles. The monoisotopic (exact) mass is 1680 g/mol. The van der Waals surface area contributed by atoms with Crippen LogP contribution < -0.4 is 47.6 Å². The molecule has 5 aromatic rings. The van der Waals surface area contributed by atoms with E-state index in [4.69, 9.17) is 60.8 Å². The minimum atomic E-state index is -1.84. The number of halogens is 4. The van der Waals surface area contributed by atoms with E-state index in [1.54, 1.807) is 49.3 Å². The number of carbonyl (C=O) groups is 7. The minimum absolute atomic E-state index is 0.00794. The Morgan fingerprint density at radius 1 is 0.771 bits per heavy atom. The van der Waals surface area contributed by atoms with Gasteiger partial charge in [0.15, 0.2) is 0 Å². The lowest BCUT2D eigenvalue weighted by atomic mass is 9.43. The van der Waals surface area contributed by atoms with Crippen LogP contribution in [-0.2, 0) is 59.6 Å². The SMILES string of the molecule is COc1cc(C(=O)NCCOCCOCCOCCOCCC(=O)N[C@H](C(=O)N[C@@H](C)C(=O)Nc2ccc(COC(=O)N3CCC(NC(=O)O[C@H]4CC[C@]5(C)C6CC[C@]7(C)[C@@H](c8ccc(=O)oc8)CC[C@]7(O)C6CC[C@@H]5C4)CC3)cc2)C(C)C)ccc1NC(=O)[C@@H]1N[C@@H](CC(C)(C)C)[C@](C#N)(c2ccc(Cl)cc2F)[C@H]1c1cccc(Cl)c1F. The number of fused-ring (bicyclic) bond motifs is 5. The number of carbonyl (C=O) groups excluding carboxylic acids is 7.